The van der Waals surface area contributed by atoms with Crippen molar-refractivity contribution in [3.63, 3.8) is 0 Å². The molecule has 1 saturated carbocycles. The molecule has 8 heteroatoms. The summed E-state index contributed by atoms with van der Waals surface area (Å²) >= 11 is 1.50. The summed E-state index contributed by atoms with van der Waals surface area (Å²) in [7, 11) is 1.66. The molecule has 0 aliphatic heterocycles. The third-order valence-electron chi connectivity index (χ3n) is 2.62. The Balaban J connectivity index is 1.65. The van der Waals surface area contributed by atoms with E-state index in [1.807, 2.05) is 4.68 Å². The SMILES string of the molecule is COCCNCC(O)CSc1nnnn1C1CC1. The smallest absolute Gasteiger partial charge is 0.209 e. The van der Waals surface area contributed by atoms with E-state index >= 15 is 0 Å². The molecule has 1 aliphatic carbocycles. The largest absolute Gasteiger partial charge is 0.391 e. The Hall–Kier alpha value is -0.700. The molecule has 18 heavy (non-hydrogen) atoms. The van der Waals surface area contributed by atoms with E-state index in [0.717, 1.165) is 24.5 Å². The van der Waals surface area contributed by atoms with Crippen LogP contribution < -0.4 is 5.32 Å². The molecule has 1 unspecified atom stereocenters. The maximum Gasteiger partial charge on any atom is 0.209 e. The number of aliphatic hydroxyl groups excluding tert-OH is 1. The fourth-order valence-electron chi connectivity index (χ4n) is 1.50. The van der Waals surface area contributed by atoms with E-state index in [4.69, 9.17) is 4.74 Å². The van der Waals surface area contributed by atoms with Crippen LogP contribution in [0.4, 0.5) is 0 Å². The van der Waals surface area contributed by atoms with E-state index in [9.17, 15) is 5.11 Å². The zero-order chi connectivity index (χ0) is 12.8. The van der Waals surface area contributed by atoms with Gasteiger partial charge >= 0.3 is 0 Å². The normalized spacial score (nSPS) is 17.0. The van der Waals surface area contributed by atoms with Crippen LogP contribution in [0.5, 0.6) is 0 Å². The lowest BCUT2D eigenvalue weighted by Crippen LogP contribution is -2.30. The number of nitrogens with zero attached hydrogens (tertiary/aromatic N) is 4. The van der Waals surface area contributed by atoms with Crippen molar-refractivity contribution in [2.45, 2.75) is 30.1 Å². The number of tetrazole rings is 1. The molecule has 2 N–H and O–H groups in total. The zero-order valence-corrected chi connectivity index (χ0v) is 11.3. The van der Waals surface area contributed by atoms with Crippen LogP contribution in [0.15, 0.2) is 5.16 Å². The first-order chi connectivity index (χ1) is 8.81. The van der Waals surface area contributed by atoms with E-state index < -0.39 is 6.10 Å². The summed E-state index contributed by atoms with van der Waals surface area (Å²) in [4.78, 5) is 0. The standard InChI is InChI=1S/C10H19N5O2S/c1-17-5-4-11-6-9(16)7-18-10-12-13-14-15(10)8-2-3-8/h8-9,11,16H,2-7H2,1H3. The van der Waals surface area contributed by atoms with Crippen LogP contribution in [0.2, 0.25) is 0 Å². The van der Waals surface area contributed by atoms with Gasteiger partial charge in [0.1, 0.15) is 0 Å². The number of ether oxygens (including phenoxy) is 1. The van der Waals surface area contributed by atoms with Crippen molar-refractivity contribution in [2.75, 3.05) is 32.6 Å². The monoisotopic (exact) mass is 273 g/mol. The molecule has 0 spiro atoms. The molecule has 0 saturated heterocycles. The molecule has 1 fully saturated rings. The van der Waals surface area contributed by atoms with Gasteiger partial charge in [-0.05, 0) is 23.3 Å². The maximum atomic E-state index is 9.79. The van der Waals surface area contributed by atoms with Gasteiger partial charge in [-0.15, -0.1) is 5.10 Å². The van der Waals surface area contributed by atoms with Gasteiger partial charge in [-0.2, -0.15) is 0 Å². The second-order valence-electron chi connectivity index (χ2n) is 4.30. The van der Waals surface area contributed by atoms with Crippen molar-refractivity contribution in [3.05, 3.63) is 0 Å². The van der Waals surface area contributed by atoms with Gasteiger partial charge in [-0.25, -0.2) is 4.68 Å². The molecule has 0 radical (unpaired) electrons. The van der Waals surface area contributed by atoms with Gasteiger partial charge in [-0.1, -0.05) is 11.8 Å². The Bertz CT molecular complexity index is 358. The minimum atomic E-state index is -0.406. The lowest BCUT2D eigenvalue weighted by atomic mass is 10.4. The molecule has 0 amide bonds. The van der Waals surface area contributed by atoms with Gasteiger partial charge < -0.3 is 15.2 Å². The molecular weight excluding hydrogens is 254 g/mol. The number of hydrogen-bond donors (Lipinski definition) is 2. The fraction of sp³-hybridized carbons (Fsp3) is 0.900. The minimum absolute atomic E-state index is 0.406. The van der Waals surface area contributed by atoms with Gasteiger partial charge in [-0.3, -0.25) is 0 Å². The number of aliphatic hydroxyl groups is 1. The van der Waals surface area contributed by atoms with Crippen molar-refractivity contribution in [3.8, 4) is 0 Å². The highest BCUT2D eigenvalue weighted by Crippen LogP contribution is 2.36. The van der Waals surface area contributed by atoms with Gasteiger partial charge in [0.25, 0.3) is 0 Å². The van der Waals surface area contributed by atoms with E-state index in [-0.39, 0.29) is 0 Å². The van der Waals surface area contributed by atoms with E-state index in [1.165, 1.54) is 11.8 Å². The highest BCUT2D eigenvalue weighted by molar-refractivity contribution is 7.99. The van der Waals surface area contributed by atoms with Crippen molar-refractivity contribution in [1.82, 2.24) is 25.5 Å². The Kier molecular flexibility index (Phi) is 5.36. The van der Waals surface area contributed by atoms with Gasteiger partial charge in [0.05, 0.1) is 18.8 Å². The molecule has 1 heterocycles. The highest BCUT2D eigenvalue weighted by Gasteiger charge is 2.28. The van der Waals surface area contributed by atoms with E-state index in [0.29, 0.717) is 24.9 Å². The van der Waals surface area contributed by atoms with Crippen LogP contribution >= 0.6 is 11.8 Å². The van der Waals surface area contributed by atoms with Crippen LogP contribution in [0, 0.1) is 0 Å². The third kappa shape index (κ3) is 4.20. The summed E-state index contributed by atoms with van der Waals surface area (Å²) in [6, 6.07) is 0.472. The lowest BCUT2D eigenvalue weighted by molar-refractivity contribution is 0.175. The van der Waals surface area contributed by atoms with Gasteiger partial charge in [0, 0.05) is 26.0 Å². The summed E-state index contributed by atoms with van der Waals surface area (Å²) in [5.74, 6) is 0.590. The average molecular weight is 273 g/mol. The number of methoxy groups -OCH3 is 1. The molecule has 7 nitrogen and oxygen atoms in total. The van der Waals surface area contributed by atoms with Gasteiger partial charge in [0.15, 0.2) is 0 Å². The highest BCUT2D eigenvalue weighted by atomic mass is 32.2. The van der Waals surface area contributed by atoms with Crippen LogP contribution in [0.1, 0.15) is 18.9 Å². The Morgan fingerprint density at radius 3 is 3.17 bits per heavy atom. The predicted octanol–water partition coefficient (Wildman–Crippen LogP) is -0.303. The fourth-order valence-corrected chi connectivity index (χ4v) is 2.37. The number of nitrogens with one attached hydrogen (secondary N) is 1. The first-order valence-electron chi connectivity index (χ1n) is 6.09. The third-order valence-corrected chi connectivity index (χ3v) is 3.70. The molecule has 1 aromatic rings. The number of aromatic nitrogens is 4. The minimum Gasteiger partial charge on any atom is -0.391 e. The first kappa shape index (κ1) is 13.7. The number of thioether (sulfide) groups is 1. The van der Waals surface area contributed by atoms with Crippen molar-refractivity contribution in [1.29, 1.82) is 0 Å². The van der Waals surface area contributed by atoms with E-state index in [2.05, 4.69) is 20.8 Å². The summed E-state index contributed by atoms with van der Waals surface area (Å²) in [6.07, 6.45) is 1.90. The van der Waals surface area contributed by atoms with Crippen molar-refractivity contribution >= 4 is 11.8 Å². The summed E-state index contributed by atoms with van der Waals surface area (Å²) in [6.45, 7) is 1.96. The second kappa shape index (κ2) is 7.03. The van der Waals surface area contributed by atoms with Crippen molar-refractivity contribution in [2.24, 2.45) is 0 Å². The van der Waals surface area contributed by atoms with Crippen molar-refractivity contribution < 1.29 is 9.84 Å². The average Bonchev–Trinajstić information content (AvgIpc) is 3.11. The van der Waals surface area contributed by atoms with Crippen LogP contribution in [0.25, 0.3) is 0 Å². The second-order valence-corrected chi connectivity index (χ2v) is 5.29. The number of hydrogen-bond acceptors (Lipinski definition) is 7. The van der Waals surface area contributed by atoms with Gasteiger partial charge in [0.2, 0.25) is 5.16 Å². The molecule has 0 bridgehead atoms. The number of rotatable bonds is 9. The Morgan fingerprint density at radius 2 is 2.44 bits per heavy atom. The molecule has 1 aliphatic rings. The molecule has 102 valence electrons. The zero-order valence-electron chi connectivity index (χ0n) is 10.4. The molecular formula is C10H19N5O2S. The quantitative estimate of drug-likeness (QED) is 0.472. The Labute approximate surface area is 110 Å². The summed E-state index contributed by atoms with van der Waals surface area (Å²) in [5.41, 5.74) is 0. The topological polar surface area (TPSA) is 85.1 Å². The summed E-state index contributed by atoms with van der Waals surface area (Å²) in [5, 5.41) is 25.3. The first-order valence-corrected chi connectivity index (χ1v) is 7.08. The molecule has 1 atom stereocenters. The molecule has 1 aromatic heterocycles. The lowest BCUT2D eigenvalue weighted by Gasteiger charge is -2.10. The molecule has 0 aromatic carbocycles. The summed E-state index contributed by atoms with van der Waals surface area (Å²) < 4.78 is 6.77. The van der Waals surface area contributed by atoms with Crippen LogP contribution in [0.3, 0.4) is 0 Å². The van der Waals surface area contributed by atoms with Crippen LogP contribution in [-0.2, 0) is 4.74 Å². The predicted molar refractivity (Wildman–Crippen MR) is 67.6 cm³/mol. The van der Waals surface area contributed by atoms with Crippen LogP contribution in [-0.4, -0.2) is 64.0 Å². The Morgan fingerprint density at radius 1 is 1.61 bits per heavy atom. The maximum absolute atomic E-state index is 9.79. The molecule has 2 rings (SSSR count). The van der Waals surface area contributed by atoms with E-state index in [1.54, 1.807) is 7.11 Å².